The summed E-state index contributed by atoms with van der Waals surface area (Å²) >= 11 is 0. The highest BCUT2D eigenvalue weighted by Gasteiger charge is 1.97. The van der Waals surface area contributed by atoms with Crippen LogP contribution in [0.2, 0.25) is 0 Å². The van der Waals surface area contributed by atoms with Gasteiger partial charge >= 0.3 is 0 Å². The highest BCUT2D eigenvalue weighted by atomic mass is 19.1. The molecule has 0 radical (unpaired) electrons. The molecule has 0 aromatic carbocycles. The van der Waals surface area contributed by atoms with Gasteiger partial charge in [-0.1, -0.05) is 0 Å². The first-order chi connectivity index (χ1) is 5.88. The lowest BCUT2D eigenvalue weighted by Crippen LogP contribution is -1.91. The summed E-state index contributed by atoms with van der Waals surface area (Å²) in [6, 6.07) is 1.85. The van der Waals surface area contributed by atoms with E-state index in [0.717, 1.165) is 11.0 Å². The number of nitrogens with zero attached hydrogens (tertiary/aromatic N) is 2. The van der Waals surface area contributed by atoms with Crippen molar-refractivity contribution in [2.45, 2.75) is 0 Å². The zero-order valence-corrected chi connectivity index (χ0v) is 6.58. The molecule has 2 aromatic rings. The van der Waals surface area contributed by atoms with E-state index < -0.39 is 0 Å². The molecular weight excluding hydrogens is 159 g/mol. The molecule has 0 spiro atoms. The Labute approximate surface area is 68.6 Å². The fourth-order valence-corrected chi connectivity index (χ4v) is 0.892. The number of halogens is 1. The lowest BCUT2D eigenvalue weighted by atomic mass is 10.4. The topological polar surface area (TPSA) is 67.6 Å². The van der Waals surface area contributed by atoms with Crippen LogP contribution in [0.15, 0.2) is 18.6 Å². The molecule has 0 atom stereocenters. The van der Waals surface area contributed by atoms with E-state index in [0.29, 0.717) is 13.0 Å². The lowest BCUT2D eigenvalue weighted by Gasteiger charge is -1.90. The third-order valence-corrected chi connectivity index (χ3v) is 1.37. The molecule has 0 saturated heterocycles. The number of aromatic nitrogens is 3. The molecule has 3 N–H and O–H groups in total. The van der Waals surface area contributed by atoms with Crippen molar-refractivity contribution in [3.63, 3.8) is 0 Å². The van der Waals surface area contributed by atoms with Gasteiger partial charge in [0.25, 0.3) is 0 Å². The van der Waals surface area contributed by atoms with Gasteiger partial charge < -0.3 is 10.7 Å². The van der Waals surface area contributed by atoms with Crippen LogP contribution in [-0.4, -0.2) is 22.1 Å². The quantitative estimate of drug-likeness (QED) is 0.619. The molecule has 0 aliphatic heterocycles. The molecule has 0 unspecified atom stereocenters. The number of rotatable bonds is 0. The maximum atomic E-state index is 9.50. The third-order valence-electron chi connectivity index (χ3n) is 1.37. The minimum Gasteiger partial charge on any atom is -0.382 e. The number of aromatic amines is 1. The predicted octanol–water partition coefficient (Wildman–Crippen LogP) is 1.13. The minimum atomic E-state index is 0.495. The fourth-order valence-electron chi connectivity index (χ4n) is 0.892. The van der Waals surface area contributed by atoms with Crippen LogP contribution in [0.25, 0.3) is 11.0 Å². The number of hydrogen-bond donors (Lipinski definition) is 2. The Kier molecular flexibility index (Phi) is 2.57. The smallest absolute Gasteiger partial charge is 0.151 e. The maximum absolute atomic E-state index is 9.50. The van der Waals surface area contributed by atoms with Crippen LogP contribution in [0.3, 0.4) is 0 Å². The van der Waals surface area contributed by atoms with Gasteiger partial charge in [0.1, 0.15) is 11.8 Å². The lowest BCUT2D eigenvalue weighted by molar-refractivity contribution is 0.636. The second-order valence-corrected chi connectivity index (χ2v) is 2.00. The molecule has 0 bridgehead atoms. The molecular formula is C7H9FN4. The first-order valence-corrected chi connectivity index (χ1v) is 3.29. The van der Waals surface area contributed by atoms with E-state index in [4.69, 9.17) is 5.73 Å². The number of nitrogen functional groups attached to an aromatic ring is 1. The van der Waals surface area contributed by atoms with Crippen LogP contribution in [-0.2, 0) is 0 Å². The van der Waals surface area contributed by atoms with Gasteiger partial charge in [-0.15, -0.1) is 0 Å². The zero-order valence-electron chi connectivity index (χ0n) is 6.58. The van der Waals surface area contributed by atoms with E-state index in [1.54, 1.807) is 6.20 Å². The van der Waals surface area contributed by atoms with Gasteiger partial charge in [0.15, 0.2) is 5.82 Å². The molecule has 2 heterocycles. The average molecular weight is 168 g/mol. The standard InChI is InChI=1S/C6H6N4.CH3F/c7-6-5-4(1-2-8-5)9-3-10-6;1-2/h1-3,8H,(H2,7,9,10);1H3. The Morgan fingerprint density at radius 2 is 2.17 bits per heavy atom. The van der Waals surface area contributed by atoms with E-state index in [2.05, 4.69) is 15.0 Å². The van der Waals surface area contributed by atoms with Crippen molar-refractivity contribution >= 4 is 16.9 Å². The van der Waals surface area contributed by atoms with Gasteiger partial charge in [-0.2, -0.15) is 0 Å². The zero-order chi connectivity index (χ0) is 8.97. The van der Waals surface area contributed by atoms with Gasteiger partial charge in [-0.3, -0.25) is 4.39 Å². The van der Waals surface area contributed by atoms with Crippen molar-refractivity contribution in [1.82, 2.24) is 15.0 Å². The van der Waals surface area contributed by atoms with Gasteiger partial charge in [-0.25, -0.2) is 9.97 Å². The second-order valence-electron chi connectivity index (χ2n) is 2.00. The number of nitrogens with one attached hydrogen (secondary N) is 1. The Morgan fingerprint density at radius 1 is 1.42 bits per heavy atom. The highest BCUT2D eigenvalue weighted by Crippen LogP contribution is 2.12. The number of fused-ring (bicyclic) bond motifs is 1. The third kappa shape index (κ3) is 1.34. The molecule has 0 aliphatic rings. The summed E-state index contributed by atoms with van der Waals surface area (Å²) in [6.45, 7) is 0. The summed E-state index contributed by atoms with van der Waals surface area (Å²) in [4.78, 5) is 10.7. The van der Waals surface area contributed by atoms with E-state index in [1.807, 2.05) is 6.07 Å². The van der Waals surface area contributed by atoms with Gasteiger partial charge in [-0.05, 0) is 6.07 Å². The molecule has 0 amide bonds. The maximum Gasteiger partial charge on any atom is 0.151 e. The van der Waals surface area contributed by atoms with Crippen molar-refractivity contribution < 1.29 is 4.39 Å². The Hall–Kier alpha value is -1.65. The second kappa shape index (κ2) is 3.66. The number of nitrogens with two attached hydrogens (primary N) is 1. The van der Waals surface area contributed by atoms with Crippen molar-refractivity contribution in [2.24, 2.45) is 0 Å². The molecule has 2 aromatic heterocycles. The van der Waals surface area contributed by atoms with Crippen LogP contribution < -0.4 is 5.73 Å². The molecule has 64 valence electrons. The van der Waals surface area contributed by atoms with Crippen LogP contribution in [0.4, 0.5) is 10.2 Å². The van der Waals surface area contributed by atoms with Crippen molar-refractivity contribution in [3.8, 4) is 0 Å². The molecule has 2 rings (SSSR count). The normalized spacial score (nSPS) is 9.17. The molecule has 0 aliphatic carbocycles. The number of H-pyrrole nitrogens is 1. The van der Waals surface area contributed by atoms with E-state index in [-0.39, 0.29) is 0 Å². The van der Waals surface area contributed by atoms with Crippen molar-refractivity contribution in [3.05, 3.63) is 18.6 Å². The summed E-state index contributed by atoms with van der Waals surface area (Å²) in [6.07, 6.45) is 3.24. The summed E-state index contributed by atoms with van der Waals surface area (Å²) in [5, 5.41) is 0. The van der Waals surface area contributed by atoms with E-state index in [9.17, 15) is 4.39 Å². The summed E-state index contributed by atoms with van der Waals surface area (Å²) in [7, 11) is 0.500. The molecule has 12 heavy (non-hydrogen) atoms. The van der Waals surface area contributed by atoms with Crippen LogP contribution in [0.5, 0.6) is 0 Å². The number of hydrogen-bond acceptors (Lipinski definition) is 3. The Morgan fingerprint density at radius 3 is 2.83 bits per heavy atom. The average Bonchev–Trinajstić information content (AvgIpc) is 2.57. The summed E-state index contributed by atoms with van der Waals surface area (Å²) < 4.78 is 9.50. The van der Waals surface area contributed by atoms with Crippen LogP contribution >= 0.6 is 0 Å². The van der Waals surface area contributed by atoms with Crippen molar-refractivity contribution in [2.75, 3.05) is 12.9 Å². The Balaban J connectivity index is 0.000000336. The predicted molar refractivity (Wildman–Crippen MR) is 45.3 cm³/mol. The van der Waals surface area contributed by atoms with E-state index >= 15 is 0 Å². The molecule has 5 heteroatoms. The summed E-state index contributed by atoms with van der Waals surface area (Å²) in [5.74, 6) is 0.495. The molecule has 0 fully saturated rings. The minimum absolute atomic E-state index is 0.495. The van der Waals surface area contributed by atoms with Gasteiger partial charge in [0.2, 0.25) is 0 Å². The SMILES string of the molecule is CF.Nc1ncnc2cc[nH]c12. The van der Waals surface area contributed by atoms with E-state index in [1.165, 1.54) is 6.33 Å². The first-order valence-electron chi connectivity index (χ1n) is 3.29. The summed E-state index contributed by atoms with van der Waals surface area (Å²) in [5.41, 5.74) is 7.18. The Bertz CT molecular complexity index is 357. The van der Waals surface area contributed by atoms with Gasteiger partial charge in [0.05, 0.1) is 12.7 Å². The first kappa shape index (κ1) is 8.45. The number of anilines is 1. The van der Waals surface area contributed by atoms with Crippen molar-refractivity contribution in [1.29, 1.82) is 0 Å². The molecule has 0 saturated carbocycles. The monoisotopic (exact) mass is 168 g/mol. The van der Waals surface area contributed by atoms with Gasteiger partial charge in [0, 0.05) is 6.20 Å². The highest BCUT2D eigenvalue weighted by molar-refractivity contribution is 5.83. The van der Waals surface area contributed by atoms with Crippen LogP contribution in [0, 0.1) is 0 Å². The molecule has 4 nitrogen and oxygen atoms in total. The van der Waals surface area contributed by atoms with Crippen LogP contribution in [0.1, 0.15) is 0 Å². The largest absolute Gasteiger partial charge is 0.382 e. The number of alkyl halides is 1. The fraction of sp³-hybridized carbons (Fsp3) is 0.143.